The predicted molar refractivity (Wildman–Crippen MR) is 86.5 cm³/mol. The molecule has 0 spiro atoms. The summed E-state index contributed by atoms with van der Waals surface area (Å²) < 4.78 is 0. The van der Waals surface area contributed by atoms with E-state index in [0.717, 1.165) is 29.8 Å². The molecule has 1 fully saturated rings. The highest BCUT2D eigenvalue weighted by atomic mass is 16.2. The molecule has 1 atom stereocenters. The first-order valence-corrected chi connectivity index (χ1v) is 7.59. The van der Waals surface area contributed by atoms with Crippen LogP contribution in [0.5, 0.6) is 0 Å². The summed E-state index contributed by atoms with van der Waals surface area (Å²) in [7, 11) is 0. The molecule has 1 heterocycles. The maximum absolute atomic E-state index is 11.9. The van der Waals surface area contributed by atoms with Gasteiger partial charge in [0.2, 0.25) is 5.91 Å². The molecule has 1 amide bonds. The van der Waals surface area contributed by atoms with Crippen LogP contribution in [0.1, 0.15) is 25.5 Å². The van der Waals surface area contributed by atoms with Crippen LogP contribution in [0, 0.1) is 6.92 Å². The van der Waals surface area contributed by atoms with Crippen LogP contribution < -0.4 is 10.6 Å². The first-order chi connectivity index (χ1) is 10.6. The molecule has 5 heteroatoms. The second-order valence-electron chi connectivity index (χ2n) is 5.75. The zero-order chi connectivity index (χ0) is 15.5. The largest absolute Gasteiger partial charge is 0.374 e. The van der Waals surface area contributed by atoms with Crippen LogP contribution in [0.15, 0.2) is 36.5 Å². The molecule has 0 radical (unpaired) electrons. The zero-order valence-corrected chi connectivity index (χ0v) is 12.8. The molecule has 1 aliphatic carbocycles. The van der Waals surface area contributed by atoms with Crippen molar-refractivity contribution in [3.63, 3.8) is 0 Å². The Balaban J connectivity index is 1.64. The molecule has 0 bridgehead atoms. The van der Waals surface area contributed by atoms with Gasteiger partial charge in [-0.3, -0.25) is 4.79 Å². The molecule has 5 nitrogen and oxygen atoms in total. The predicted octanol–water partition coefficient (Wildman–Crippen LogP) is 2.53. The third kappa shape index (κ3) is 3.61. The highest BCUT2D eigenvalue weighted by Crippen LogP contribution is 2.20. The standard InChI is InChI=1S/C17H20N4O/c1-11-9-10-18-16(19-11)13-3-5-14(6-4-13)20-12(2)17(22)21-15-7-8-15/h3-6,9-10,12,15,20H,7-8H2,1-2H3,(H,21,22)/t12-/m1/s1. The molecule has 1 aromatic carbocycles. The average Bonchev–Trinajstić information content (AvgIpc) is 3.32. The summed E-state index contributed by atoms with van der Waals surface area (Å²) in [6.45, 7) is 3.82. The number of benzene rings is 1. The van der Waals surface area contributed by atoms with Gasteiger partial charge in [0.05, 0.1) is 0 Å². The summed E-state index contributed by atoms with van der Waals surface area (Å²) in [4.78, 5) is 20.6. The van der Waals surface area contributed by atoms with Crippen molar-refractivity contribution < 1.29 is 4.79 Å². The Morgan fingerprint density at radius 3 is 2.59 bits per heavy atom. The lowest BCUT2D eigenvalue weighted by Crippen LogP contribution is -2.38. The molecule has 0 saturated heterocycles. The summed E-state index contributed by atoms with van der Waals surface area (Å²) in [5, 5.41) is 6.21. The Labute approximate surface area is 130 Å². The second kappa shape index (κ2) is 6.13. The van der Waals surface area contributed by atoms with Crippen molar-refractivity contribution in [2.75, 3.05) is 5.32 Å². The molecule has 3 rings (SSSR count). The number of carbonyl (C=O) groups excluding carboxylic acids is 1. The van der Waals surface area contributed by atoms with Crippen molar-refractivity contribution in [3.05, 3.63) is 42.2 Å². The SMILES string of the molecule is Cc1ccnc(-c2ccc(N[C@H](C)C(=O)NC3CC3)cc2)n1. The van der Waals surface area contributed by atoms with E-state index in [1.165, 1.54) is 0 Å². The van der Waals surface area contributed by atoms with Crippen LogP contribution in [0.3, 0.4) is 0 Å². The van der Waals surface area contributed by atoms with E-state index in [4.69, 9.17) is 0 Å². The van der Waals surface area contributed by atoms with Gasteiger partial charge in [-0.2, -0.15) is 0 Å². The number of hydrogen-bond acceptors (Lipinski definition) is 4. The second-order valence-corrected chi connectivity index (χ2v) is 5.75. The molecule has 1 aliphatic rings. The number of rotatable bonds is 5. The molecule has 0 aliphatic heterocycles. The quantitative estimate of drug-likeness (QED) is 0.890. The topological polar surface area (TPSA) is 66.9 Å². The molecule has 0 unspecified atom stereocenters. The van der Waals surface area contributed by atoms with Gasteiger partial charge in [-0.25, -0.2) is 9.97 Å². The smallest absolute Gasteiger partial charge is 0.242 e. The maximum atomic E-state index is 11.9. The first-order valence-electron chi connectivity index (χ1n) is 7.59. The number of aromatic nitrogens is 2. The summed E-state index contributed by atoms with van der Waals surface area (Å²) >= 11 is 0. The van der Waals surface area contributed by atoms with Gasteiger partial charge in [0, 0.05) is 29.2 Å². The first kappa shape index (κ1) is 14.5. The molecule has 114 valence electrons. The summed E-state index contributed by atoms with van der Waals surface area (Å²) in [6, 6.07) is 9.83. The normalized spacial score (nSPS) is 15.2. The van der Waals surface area contributed by atoms with E-state index in [0.29, 0.717) is 11.9 Å². The third-order valence-electron chi connectivity index (χ3n) is 3.64. The minimum absolute atomic E-state index is 0.0496. The van der Waals surface area contributed by atoms with Crippen molar-refractivity contribution in [1.82, 2.24) is 15.3 Å². The van der Waals surface area contributed by atoms with Gasteiger partial charge in [0.25, 0.3) is 0 Å². The van der Waals surface area contributed by atoms with Gasteiger partial charge in [0.1, 0.15) is 6.04 Å². The van der Waals surface area contributed by atoms with E-state index < -0.39 is 0 Å². The lowest BCUT2D eigenvalue weighted by molar-refractivity contribution is -0.121. The fourth-order valence-corrected chi connectivity index (χ4v) is 2.17. The molecular formula is C17H20N4O. The minimum atomic E-state index is -0.248. The highest BCUT2D eigenvalue weighted by molar-refractivity contribution is 5.84. The number of nitrogens with one attached hydrogen (secondary N) is 2. The Hall–Kier alpha value is -2.43. The maximum Gasteiger partial charge on any atom is 0.242 e. The number of amides is 1. The number of aryl methyl sites for hydroxylation is 1. The molecule has 2 aromatic rings. The Bertz CT molecular complexity index is 665. The molecule has 2 N–H and O–H groups in total. The molecule has 1 saturated carbocycles. The van der Waals surface area contributed by atoms with Crippen molar-refractivity contribution in [2.45, 2.75) is 38.8 Å². The number of nitrogens with zero attached hydrogens (tertiary/aromatic N) is 2. The highest BCUT2D eigenvalue weighted by Gasteiger charge is 2.25. The summed E-state index contributed by atoms with van der Waals surface area (Å²) in [5.74, 6) is 0.764. The Kier molecular flexibility index (Phi) is 4.04. The van der Waals surface area contributed by atoms with E-state index in [9.17, 15) is 4.79 Å². The van der Waals surface area contributed by atoms with E-state index in [1.54, 1.807) is 6.20 Å². The van der Waals surface area contributed by atoms with Crippen LogP contribution in [0.2, 0.25) is 0 Å². The van der Waals surface area contributed by atoms with Crippen LogP contribution in [-0.4, -0.2) is 28.0 Å². The fraction of sp³-hybridized carbons (Fsp3) is 0.353. The number of hydrogen-bond donors (Lipinski definition) is 2. The monoisotopic (exact) mass is 296 g/mol. The molecule has 1 aromatic heterocycles. The van der Waals surface area contributed by atoms with Gasteiger partial charge in [-0.05, 0) is 57.0 Å². The van der Waals surface area contributed by atoms with Crippen molar-refractivity contribution in [2.24, 2.45) is 0 Å². The van der Waals surface area contributed by atoms with Gasteiger partial charge < -0.3 is 10.6 Å². The van der Waals surface area contributed by atoms with Crippen LogP contribution in [0.4, 0.5) is 5.69 Å². The zero-order valence-electron chi connectivity index (χ0n) is 12.8. The third-order valence-corrected chi connectivity index (χ3v) is 3.64. The molecular weight excluding hydrogens is 276 g/mol. The fourth-order valence-electron chi connectivity index (χ4n) is 2.17. The van der Waals surface area contributed by atoms with Crippen molar-refractivity contribution >= 4 is 11.6 Å². The number of anilines is 1. The van der Waals surface area contributed by atoms with E-state index >= 15 is 0 Å². The lowest BCUT2D eigenvalue weighted by Gasteiger charge is -2.15. The van der Waals surface area contributed by atoms with Crippen LogP contribution in [0.25, 0.3) is 11.4 Å². The van der Waals surface area contributed by atoms with Gasteiger partial charge in [-0.1, -0.05) is 0 Å². The summed E-state index contributed by atoms with van der Waals surface area (Å²) in [5.41, 5.74) is 2.82. The number of carbonyl (C=O) groups is 1. The van der Waals surface area contributed by atoms with E-state index in [2.05, 4.69) is 20.6 Å². The molecule has 22 heavy (non-hydrogen) atoms. The average molecular weight is 296 g/mol. The lowest BCUT2D eigenvalue weighted by atomic mass is 10.1. The van der Waals surface area contributed by atoms with E-state index in [1.807, 2.05) is 44.2 Å². The van der Waals surface area contributed by atoms with E-state index in [-0.39, 0.29) is 11.9 Å². The van der Waals surface area contributed by atoms with Crippen LogP contribution in [-0.2, 0) is 4.79 Å². The summed E-state index contributed by atoms with van der Waals surface area (Å²) in [6.07, 6.45) is 3.96. The van der Waals surface area contributed by atoms with Crippen molar-refractivity contribution in [3.8, 4) is 11.4 Å². The Morgan fingerprint density at radius 1 is 1.23 bits per heavy atom. The van der Waals surface area contributed by atoms with Gasteiger partial charge in [0.15, 0.2) is 5.82 Å². The van der Waals surface area contributed by atoms with Gasteiger partial charge in [-0.15, -0.1) is 0 Å². The minimum Gasteiger partial charge on any atom is -0.374 e. The Morgan fingerprint density at radius 2 is 1.95 bits per heavy atom. The van der Waals surface area contributed by atoms with Crippen molar-refractivity contribution in [1.29, 1.82) is 0 Å². The van der Waals surface area contributed by atoms with Gasteiger partial charge >= 0.3 is 0 Å². The van der Waals surface area contributed by atoms with Crippen LogP contribution >= 0.6 is 0 Å².